The van der Waals surface area contributed by atoms with E-state index in [1.54, 1.807) is 30.5 Å². The number of nitrogens with one attached hydrogen (secondary N) is 1. The summed E-state index contributed by atoms with van der Waals surface area (Å²) in [6.07, 6.45) is 2.76. The highest BCUT2D eigenvalue weighted by Gasteiger charge is 2.35. The van der Waals surface area contributed by atoms with Crippen LogP contribution in [0.25, 0.3) is 0 Å². The topological polar surface area (TPSA) is 53.9 Å². The molecule has 154 valence electrons. The van der Waals surface area contributed by atoms with Crippen molar-refractivity contribution in [1.82, 2.24) is 5.43 Å². The summed E-state index contributed by atoms with van der Waals surface area (Å²) in [5.41, 5.74) is 6.21. The molecule has 3 rings (SSSR count). The van der Waals surface area contributed by atoms with Crippen LogP contribution in [0.1, 0.15) is 51.2 Å². The number of amides is 1. The number of rotatable bonds is 6. The lowest BCUT2D eigenvalue weighted by molar-refractivity contribution is -0.123. The molecule has 0 spiro atoms. The van der Waals surface area contributed by atoms with Crippen molar-refractivity contribution < 1.29 is 9.53 Å². The minimum atomic E-state index is -0.341. The maximum atomic E-state index is 12.0. The average Bonchev–Trinajstić information content (AvgIpc) is 2.67. The zero-order chi connectivity index (χ0) is 21.0. The summed E-state index contributed by atoms with van der Waals surface area (Å²) < 4.78 is 5.41. The van der Waals surface area contributed by atoms with E-state index in [0.717, 1.165) is 18.5 Å². The molecule has 29 heavy (non-hydrogen) atoms. The zero-order valence-corrected chi connectivity index (χ0v) is 18.2. The van der Waals surface area contributed by atoms with Crippen LogP contribution in [-0.4, -0.2) is 30.8 Å². The van der Waals surface area contributed by atoms with Gasteiger partial charge in [0.15, 0.2) is 6.61 Å². The van der Waals surface area contributed by atoms with Crippen molar-refractivity contribution in [3.8, 4) is 5.75 Å². The molecular formula is C23H28ClN3O2. The summed E-state index contributed by atoms with van der Waals surface area (Å²) in [6, 6.07) is 13.4. The molecule has 2 aromatic carbocycles. The molecule has 1 amide bonds. The molecular weight excluding hydrogens is 386 g/mol. The first-order valence-electron chi connectivity index (χ1n) is 9.92. The van der Waals surface area contributed by atoms with Crippen molar-refractivity contribution >= 4 is 29.4 Å². The van der Waals surface area contributed by atoms with Crippen LogP contribution in [0.4, 0.5) is 5.69 Å². The first-order chi connectivity index (χ1) is 13.8. The van der Waals surface area contributed by atoms with E-state index in [1.807, 2.05) is 6.07 Å². The molecule has 0 bridgehead atoms. The molecule has 0 saturated heterocycles. The molecule has 6 heteroatoms. The average molecular weight is 414 g/mol. The Morgan fingerprint density at radius 1 is 1.34 bits per heavy atom. The highest BCUT2D eigenvalue weighted by molar-refractivity contribution is 6.32. The molecule has 0 aromatic heterocycles. The fourth-order valence-electron chi connectivity index (χ4n) is 4.10. The SMILES string of the molecule is CCN1c2ccc(/C=N/NC(=O)COc3ccccc3Cl)cc2C(C)CC1(C)C. The number of nitrogens with zero attached hydrogens (tertiary/aromatic N) is 2. The summed E-state index contributed by atoms with van der Waals surface area (Å²) in [7, 11) is 0. The lowest BCUT2D eigenvalue weighted by Crippen LogP contribution is -2.48. The second-order valence-electron chi connectivity index (χ2n) is 7.99. The van der Waals surface area contributed by atoms with Crippen LogP contribution in [-0.2, 0) is 4.79 Å². The number of carbonyl (C=O) groups excluding carboxylic acids is 1. The van der Waals surface area contributed by atoms with E-state index >= 15 is 0 Å². The lowest BCUT2D eigenvalue weighted by Gasteiger charge is -2.47. The van der Waals surface area contributed by atoms with E-state index in [2.05, 4.69) is 55.3 Å². The van der Waals surface area contributed by atoms with Crippen molar-refractivity contribution in [2.75, 3.05) is 18.1 Å². The second kappa shape index (κ2) is 8.87. The van der Waals surface area contributed by atoms with Gasteiger partial charge in [0.2, 0.25) is 0 Å². The number of para-hydroxylation sites is 1. The second-order valence-corrected chi connectivity index (χ2v) is 8.40. The van der Waals surface area contributed by atoms with Crippen molar-refractivity contribution in [2.24, 2.45) is 5.10 Å². The molecule has 1 heterocycles. The number of hydrogen-bond acceptors (Lipinski definition) is 4. The molecule has 5 nitrogen and oxygen atoms in total. The Morgan fingerprint density at radius 3 is 2.83 bits per heavy atom. The molecule has 1 atom stereocenters. The van der Waals surface area contributed by atoms with Gasteiger partial charge in [-0.3, -0.25) is 4.79 Å². The molecule has 1 aliphatic rings. The van der Waals surface area contributed by atoms with E-state index in [9.17, 15) is 4.79 Å². The minimum Gasteiger partial charge on any atom is -0.482 e. The number of ether oxygens (including phenoxy) is 1. The van der Waals surface area contributed by atoms with Gasteiger partial charge in [0.25, 0.3) is 5.91 Å². The summed E-state index contributed by atoms with van der Waals surface area (Å²) in [5.74, 6) is 0.599. The quantitative estimate of drug-likeness (QED) is 0.536. The van der Waals surface area contributed by atoms with Crippen LogP contribution in [0.15, 0.2) is 47.6 Å². The minimum absolute atomic E-state index is 0.145. The van der Waals surface area contributed by atoms with Crippen molar-refractivity contribution in [3.05, 3.63) is 58.6 Å². The van der Waals surface area contributed by atoms with Gasteiger partial charge in [-0.25, -0.2) is 5.43 Å². The number of halogens is 1. The first-order valence-corrected chi connectivity index (χ1v) is 10.3. The maximum absolute atomic E-state index is 12.0. The standard InChI is InChI=1S/C23H28ClN3O2/c1-5-27-20-11-10-17(12-18(20)16(2)13-23(27,3)4)14-25-26-22(28)15-29-21-9-7-6-8-19(21)24/h6-12,14,16H,5,13,15H2,1-4H3,(H,26,28)/b25-14+. The highest BCUT2D eigenvalue weighted by Crippen LogP contribution is 2.43. The number of fused-ring (bicyclic) bond motifs is 1. The van der Waals surface area contributed by atoms with E-state index in [-0.39, 0.29) is 18.1 Å². The van der Waals surface area contributed by atoms with Gasteiger partial charge in [-0.15, -0.1) is 0 Å². The summed E-state index contributed by atoms with van der Waals surface area (Å²) in [5, 5.41) is 4.54. The predicted molar refractivity (Wildman–Crippen MR) is 119 cm³/mol. The first kappa shape index (κ1) is 21.2. The van der Waals surface area contributed by atoms with Gasteiger partial charge in [-0.2, -0.15) is 5.10 Å². The molecule has 1 N–H and O–H groups in total. The van der Waals surface area contributed by atoms with Crippen LogP contribution in [0.2, 0.25) is 5.02 Å². The fraction of sp³-hybridized carbons (Fsp3) is 0.391. The van der Waals surface area contributed by atoms with Gasteiger partial charge in [0.1, 0.15) is 5.75 Å². The van der Waals surface area contributed by atoms with Crippen LogP contribution in [0.3, 0.4) is 0 Å². The van der Waals surface area contributed by atoms with Crippen LogP contribution in [0.5, 0.6) is 5.75 Å². The largest absolute Gasteiger partial charge is 0.482 e. The van der Waals surface area contributed by atoms with Crippen LogP contribution in [0, 0.1) is 0 Å². The Morgan fingerprint density at radius 2 is 2.10 bits per heavy atom. The zero-order valence-electron chi connectivity index (χ0n) is 17.4. The molecule has 1 aliphatic heterocycles. The van der Waals surface area contributed by atoms with Crippen LogP contribution >= 0.6 is 11.6 Å². The number of carbonyl (C=O) groups is 1. The summed E-state index contributed by atoms with van der Waals surface area (Å²) in [6.45, 7) is 9.88. The molecule has 2 aromatic rings. The molecule has 0 radical (unpaired) electrons. The van der Waals surface area contributed by atoms with Gasteiger partial charge >= 0.3 is 0 Å². The van der Waals surface area contributed by atoms with E-state index in [1.165, 1.54) is 11.3 Å². The van der Waals surface area contributed by atoms with Crippen molar-refractivity contribution in [1.29, 1.82) is 0 Å². The normalized spacial score (nSPS) is 17.8. The molecule has 0 aliphatic carbocycles. The van der Waals surface area contributed by atoms with E-state index in [4.69, 9.17) is 16.3 Å². The number of anilines is 1. The Balaban J connectivity index is 1.62. The smallest absolute Gasteiger partial charge is 0.277 e. The summed E-state index contributed by atoms with van der Waals surface area (Å²) >= 11 is 6.01. The van der Waals surface area contributed by atoms with Crippen molar-refractivity contribution in [3.63, 3.8) is 0 Å². The lowest BCUT2D eigenvalue weighted by atomic mass is 9.79. The third-order valence-electron chi connectivity index (χ3n) is 5.32. The van der Waals surface area contributed by atoms with E-state index < -0.39 is 0 Å². The fourth-order valence-corrected chi connectivity index (χ4v) is 4.29. The van der Waals surface area contributed by atoms with E-state index in [0.29, 0.717) is 16.7 Å². The van der Waals surface area contributed by atoms with Gasteiger partial charge in [0.05, 0.1) is 11.2 Å². The monoisotopic (exact) mass is 413 g/mol. The molecule has 0 saturated carbocycles. The summed E-state index contributed by atoms with van der Waals surface area (Å²) in [4.78, 5) is 14.4. The van der Waals surface area contributed by atoms with Gasteiger partial charge in [-0.1, -0.05) is 36.7 Å². The Bertz CT molecular complexity index is 911. The van der Waals surface area contributed by atoms with Crippen molar-refractivity contribution in [2.45, 2.75) is 45.6 Å². The third-order valence-corrected chi connectivity index (χ3v) is 5.64. The number of benzene rings is 2. The van der Waals surface area contributed by atoms with Crippen LogP contribution < -0.4 is 15.1 Å². The maximum Gasteiger partial charge on any atom is 0.277 e. The molecule has 0 fully saturated rings. The Labute approximate surface area is 177 Å². The van der Waals surface area contributed by atoms with Gasteiger partial charge in [-0.05, 0) is 68.5 Å². The predicted octanol–water partition coefficient (Wildman–Crippen LogP) is 4.98. The van der Waals surface area contributed by atoms with Gasteiger partial charge < -0.3 is 9.64 Å². The Kier molecular flexibility index (Phi) is 6.48. The Hall–Kier alpha value is -2.53. The number of hydrazone groups is 1. The number of hydrogen-bond donors (Lipinski definition) is 1. The molecule has 1 unspecified atom stereocenters. The highest BCUT2D eigenvalue weighted by atomic mass is 35.5. The van der Waals surface area contributed by atoms with Gasteiger partial charge in [0, 0.05) is 17.8 Å². The third kappa shape index (κ3) is 4.91.